The number of nitrogens with zero attached hydrogens (tertiary/aromatic N) is 2. The van der Waals surface area contributed by atoms with Crippen LogP contribution in [0, 0.1) is 6.92 Å². The molecule has 0 saturated carbocycles. The number of aromatic nitrogens is 1. The highest BCUT2D eigenvalue weighted by molar-refractivity contribution is 9.10. The molecule has 0 radical (unpaired) electrons. The molecule has 0 bridgehead atoms. The van der Waals surface area contributed by atoms with Gasteiger partial charge in [-0.2, -0.15) is 0 Å². The van der Waals surface area contributed by atoms with Gasteiger partial charge in [-0.1, -0.05) is 18.2 Å². The van der Waals surface area contributed by atoms with E-state index in [1.807, 2.05) is 54.3 Å². The first kappa shape index (κ1) is 15.0. The average molecular weight is 361 g/mol. The molecule has 114 valence electrons. The van der Waals surface area contributed by atoms with Gasteiger partial charge in [0.05, 0.1) is 12.1 Å². The smallest absolute Gasteiger partial charge is 0.255 e. The summed E-state index contributed by atoms with van der Waals surface area (Å²) >= 11 is 3.43. The third-order valence-electron chi connectivity index (χ3n) is 3.69. The van der Waals surface area contributed by atoms with E-state index in [-0.39, 0.29) is 12.0 Å². The van der Waals surface area contributed by atoms with Gasteiger partial charge in [0.1, 0.15) is 6.10 Å². The third-order valence-corrected chi connectivity index (χ3v) is 4.38. The van der Waals surface area contributed by atoms with Gasteiger partial charge >= 0.3 is 0 Å². The minimum atomic E-state index is 0.000683. The van der Waals surface area contributed by atoms with E-state index in [9.17, 15) is 4.79 Å². The Bertz CT molecular complexity index is 690. The number of likely N-dealkylation sites (tertiary alicyclic amines) is 1. The number of carbonyl (C=O) groups is 1. The van der Waals surface area contributed by atoms with E-state index in [0.717, 1.165) is 16.6 Å². The van der Waals surface area contributed by atoms with Crippen LogP contribution in [-0.4, -0.2) is 35.0 Å². The first-order valence-electron chi connectivity index (χ1n) is 7.27. The number of pyridine rings is 1. The van der Waals surface area contributed by atoms with Crippen LogP contribution in [-0.2, 0) is 0 Å². The molecule has 1 unspecified atom stereocenters. The number of halogens is 1. The Morgan fingerprint density at radius 2 is 2.09 bits per heavy atom. The molecule has 2 aromatic rings. The van der Waals surface area contributed by atoms with Crippen molar-refractivity contribution in [1.82, 2.24) is 9.88 Å². The van der Waals surface area contributed by atoms with Crippen LogP contribution < -0.4 is 4.74 Å². The maximum absolute atomic E-state index is 12.5. The summed E-state index contributed by atoms with van der Waals surface area (Å²) in [5.74, 6) is 0.663. The molecule has 1 aromatic heterocycles. The first-order valence-corrected chi connectivity index (χ1v) is 8.07. The van der Waals surface area contributed by atoms with Crippen LogP contribution in [0.2, 0.25) is 0 Å². The molecule has 2 heterocycles. The number of carbonyl (C=O) groups excluding carboxylic acids is 1. The lowest BCUT2D eigenvalue weighted by Crippen LogP contribution is -2.31. The molecule has 1 aliphatic rings. The normalized spacial score (nSPS) is 17.5. The second kappa shape index (κ2) is 6.48. The van der Waals surface area contributed by atoms with E-state index < -0.39 is 0 Å². The molecule has 1 aliphatic heterocycles. The summed E-state index contributed by atoms with van der Waals surface area (Å²) in [7, 11) is 0. The highest BCUT2D eigenvalue weighted by Gasteiger charge is 2.29. The van der Waals surface area contributed by atoms with Gasteiger partial charge in [-0.05, 0) is 41.1 Å². The Morgan fingerprint density at radius 3 is 2.86 bits per heavy atom. The van der Waals surface area contributed by atoms with Crippen LogP contribution in [0.25, 0.3) is 0 Å². The van der Waals surface area contributed by atoms with Crippen LogP contribution >= 0.6 is 15.9 Å². The second-order valence-corrected chi connectivity index (χ2v) is 6.23. The maximum atomic E-state index is 12.5. The zero-order valence-electron chi connectivity index (χ0n) is 12.3. The van der Waals surface area contributed by atoms with Gasteiger partial charge in [0.2, 0.25) is 5.88 Å². The molecule has 1 amide bonds. The summed E-state index contributed by atoms with van der Waals surface area (Å²) in [5, 5.41) is 0. The SMILES string of the molecule is Cc1cccc(OC2CCN(C(=O)c3ccccc3Br)C2)n1. The van der Waals surface area contributed by atoms with E-state index >= 15 is 0 Å². The number of ether oxygens (including phenoxy) is 1. The Kier molecular flexibility index (Phi) is 4.43. The topological polar surface area (TPSA) is 42.4 Å². The minimum absolute atomic E-state index is 0.000683. The molecule has 0 N–H and O–H groups in total. The minimum Gasteiger partial charge on any atom is -0.472 e. The van der Waals surface area contributed by atoms with Crippen LogP contribution in [0.1, 0.15) is 22.5 Å². The van der Waals surface area contributed by atoms with Crippen molar-refractivity contribution in [2.45, 2.75) is 19.4 Å². The molecule has 5 heteroatoms. The molecular formula is C17H17BrN2O2. The average Bonchev–Trinajstić information content (AvgIpc) is 2.95. The Balaban J connectivity index is 1.65. The van der Waals surface area contributed by atoms with E-state index in [2.05, 4.69) is 20.9 Å². The van der Waals surface area contributed by atoms with Crippen molar-refractivity contribution < 1.29 is 9.53 Å². The fourth-order valence-electron chi connectivity index (χ4n) is 2.57. The molecular weight excluding hydrogens is 344 g/mol. The Morgan fingerprint density at radius 1 is 1.27 bits per heavy atom. The zero-order valence-corrected chi connectivity index (χ0v) is 13.9. The lowest BCUT2D eigenvalue weighted by molar-refractivity contribution is 0.0770. The van der Waals surface area contributed by atoms with Crippen molar-refractivity contribution in [3.63, 3.8) is 0 Å². The first-order chi connectivity index (χ1) is 10.6. The van der Waals surface area contributed by atoms with Gasteiger partial charge in [-0.3, -0.25) is 4.79 Å². The number of aryl methyl sites for hydroxylation is 1. The standard InChI is InChI=1S/C17H17BrN2O2/c1-12-5-4-8-16(19-12)22-13-9-10-20(11-13)17(21)14-6-2-3-7-15(14)18/h2-8,13H,9-11H2,1H3. The molecule has 1 atom stereocenters. The number of rotatable bonds is 3. The highest BCUT2D eigenvalue weighted by atomic mass is 79.9. The van der Waals surface area contributed by atoms with Gasteiger partial charge in [-0.15, -0.1) is 0 Å². The van der Waals surface area contributed by atoms with E-state index in [4.69, 9.17) is 4.74 Å². The van der Waals surface area contributed by atoms with Gasteiger partial charge in [0, 0.05) is 29.2 Å². The lowest BCUT2D eigenvalue weighted by atomic mass is 10.2. The van der Waals surface area contributed by atoms with Crippen LogP contribution in [0.3, 0.4) is 0 Å². The monoisotopic (exact) mass is 360 g/mol. The van der Waals surface area contributed by atoms with Crippen LogP contribution in [0.5, 0.6) is 5.88 Å². The van der Waals surface area contributed by atoms with Crippen molar-refractivity contribution in [1.29, 1.82) is 0 Å². The van der Waals surface area contributed by atoms with Crippen LogP contribution in [0.4, 0.5) is 0 Å². The van der Waals surface area contributed by atoms with Crippen LogP contribution in [0.15, 0.2) is 46.9 Å². The predicted molar refractivity (Wildman–Crippen MR) is 88.1 cm³/mol. The maximum Gasteiger partial charge on any atom is 0.255 e. The second-order valence-electron chi connectivity index (χ2n) is 5.38. The molecule has 1 saturated heterocycles. The summed E-state index contributed by atoms with van der Waals surface area (Å²) in [6.45, 7) is 3.23. The molecule has 0 aliphatic carbocycles. The highest BCUT2D eigenvalue weighted by Crippen LogP contribution is 2.22. The van der Waals surface area contributed by atoms with Gasteiger partial charge in [0.15, 0.2) is 0 Å². The summed E-state index contributed by atoms with van der Waals surface area (Å²) < 4.78 is 6.71. The Labute approximate surface area is 138 Å². The van der Waals surface area contributed by atoms with Crippen molar-refractivity contribution in [2.75, 3.05) is 13.1 Å². The van der Waals surface area contributed by atoms with Crippen molar-refractivity contribution in [2.24, 2.45) is 0 Å². The molecule has 0 spiro atoms. The van der Waals surface area contributed by atoms with Gasteiger partial charge in [0.25, 0.3) is 5.91 Å². The van der Waals surface area contributed by atoms with Gasteiger partial charge < -0.3 is 9.64 Å². The summed E-state index contributed by atoms with van der Waals surface area (Å²) in [6, 6.07) is 13.2. The van der Waals surface area contributed by atoms with E-state index in [1.165, 1.54) is 0 Å². The number of hydrogen-bond acceptors (Lipinski definition) is 3. The van der Waals surface area contributed by atoms with E-state index in [0.29, 0.717) is 24.5 Å². The zero-order chi connectivity index (χ0) is 15.5. The summed E-state index contributed by atoms with van der Waals surface area (Å²) in [5.41, 5.74) is 1.62. The fraction of sp³-hybridized carbons (Fsp3) is 0.294. The summed E-state index contributed by atoms with van der Waals surface area (Å²) in [4.78, 5) is 18.7. The number of amides is 1. The van der Waals surface area contributed by atoms with E-state index in [1.54, 1.807) is 0 Å². The summed E-state index contributed by atoms with van der Waals surface area (Å²) in [6.07, 6.45) is 0.826. The van der Waals surface area contributed by atoms with Crippen molar-refractivity contribution >= 4 is 21.8 Å². The van der Waals surface area contributed by atoms with Crippen molar-refractivity contribution in [3.05, 3.63) is 58.2 Å². The largest absolute Gasteiger partial charge is 0.472 e. The molecule has 1 fully saturated rings. The quantitative estimate of drug-likeness (QED) is 0.841. The molecule has 1 aromatic carbocycles. The lowest BCUT2D eigenvalue weighted by Gasteiger charge is -2.17. The fourth-order valence-corrected chi connectivity index (χ4v) is 3.02. The molecule has 3 rings (SSSR count). The number of hydrogen-bond donors (Lipinski definition) is 0. The molecule has 22 heavy (non-hydrogen) atoms. The van der Waals surface area contributed by atoms with Crippen molar-refractivity contribution in [3.8, 4) is 5.88 Å². The Hall–Kier alpha value is -1.88. The number of benzene rings is 1. The third kappa shape index (κ3) is 3.30. The predicted octanol–water partition coefficient (Wildman–Crippen LogP) is 3.45. The van der Waals surface area contributed by atoms with Gasteiger partial charge in [-0.25, -0.2) is 4.98 Å². The molecule has 4 nitrogen and oxygen atoms in total.